The number of nitrogens with zero attached hydrogens (tertiary/aromatic N) is 3. The monoisotopic (exact) mass is 418 g/mol. The van der Waals surface area contributed by atoms with Gasteiger partial charge in [-0.05, 0) is 48.7 Å². The van der Waals surface area contributed by atoms with Gasteiger partial charge in [-0.15, -0.1) is 0 Å². The summed E-state index contributed by atoms with van der Waals surface area (Å²) in [6.07, 6.45) is 7.30. The lowest BCUT2D eigenvalue weighted by Gasteiger charge is -2.26. The van der Waals surface area contributed by atoms with E-state index in [9.17, 15) is 4.79 Å². The summed E-state index contributed by atoms with van der Waals surface area (Å²) in [4.78, 5) is 23.3. The molecule has 0 aliphatic carbocycles. The molecule has 0 radical (unpaired) electrons. The number of hydrogen-bond donors (Lipinski definition) is 1. The Hall–Kier alpha value is -3.45. The summed E-state index contributed by atoms with van der Waals surface area (Å²) in [6.45, 7) is 2.12. The Morgan fingerprint density at radius 3 is 2.90 bits per heavy atom. The molecule has 7 nitrogen and oxygen atoms in total. The van der Waals surface area contributed by atoms with Crippen molar-refractivity contribution in [2.75, 3.05) is 18.5 Å². The van der Waals surface area contributed by atoms with E-state index in [4.69, 9.17) is 9.47 Å². The minimum absolute atomic E-state index is 0.0652. The van der Waals surface area contributed by atoms with Crippen molar-refractivity contribution in [3.8, 4) is 5.75 Å². The average Bonchev–Trinajstić information content (AvgIpc) is 3.32. The van der Waals surface area contributed by atoms with Crippen LogP contribution in [0, 0.1) is 0 Å². The highest BCUT2D eigenvalue weighted by Crippen LogP contribution is 2.20. The van der Waals surface area contributed by atoms with Crippen molar-refractivity contribution in [1.29, 1.82) is 0 Å². The van der Waals surface area contributed by atoms with Gasteiger partial charge in [-0.3, -0.25) is 9.97 Å². The van der Waals surface area contributed by atoms with Gasteiger partial charge in [0, 0.05) is 50.0 Å². The minimum Gasteiger partial charge on any atom is -0.487 e. The molecule has 1 aromatic carbocycles. The molecular weight excluding hydrogens is 392 g/mol. The molecule has 1 saturated heterocycles. The predicted octanol–water partition coefficient (Wildman–Crippen LogP) is 4.27. The lowest BCUT2D eigenvalue weighted by atomic mass is 10.2. The van der Waals surface area contributed by atoms with Crippen LogP contribution >= 0.6 is 0 Å². The quantitative estimate of drug-likeness (QED) is 0.591. The SMILES string of the molecule is O=C(Nc1cccc(OCc2ccccn2)c1)N(Cc1cccnc1)CC1CCCO1. The van der Waals surface area contributed by atoms with Crippen LogP contribution in [-0.2, 0) is 17.9 Å². The molecule has 4 rings (SSSR count). The van der Waals surface area contributed by atoms with Gasteiger partial charge in [0.2, 0.25) is 0 Å². The third-order valence-corrected chi connectivity index (χ3v) is 5.03. The Kier molecular flexibility index (Phi) is 7.08. The van der Waals surface area contributed by atoms with Crippen LogP contribution in [0.5, 0.6) is 5.75 Å². The average molecular weight is 418 g/mol. The summed E-state index contributed by atoms with van der Waals surface area (Å²) in [7, 11) is 0. The van der Waals surface area contributed by atoms with Crippen LogP contribution in [0.3, 0.4) is 0 Å². The van der Waals surface area contributed by atoms with Gasteiger partial charge in [0.1, 0.15) is 12.4 Å². The summed E-state index contributed by atoms with van der Waals surface area (Å²) >= 11 is 0. The zero-order valence-corrected chi connectivity index (χ0v) is 17.3. The maximum absolute atomic E-state index is 13.1. The van der Waals surface area contributed by atoms with Crippen molar-refractivity contribution in [3.63, 3.8) is 0 Å². The van der Waals surface area contributed by atoms with Crippen LogP contribution in [0.4, 0.5) is 10.5 Å². The third kappa shape index (κ3) is 6.26. The number of ether oxygens (including phenoxy) is 2. The molecule has 0 bridgehead atoms. The molecule has 1 aliphatic heterocycles. The number of pyridine rings is 2. The second-order valence-corrected chi connectivity index (χ2v) is 7.44. The van der Waals surface area contributed by atoms with E-state index in [1.165, 1.54) is 0 Å². The smallest absolute Gasteiger partial charge is 0.322 e. The van der Waals surface area contributed by atoms with Crippen LogP contribution in [0.25, 0.3) is 0 Å². The largest absolute Gasteiger partial charge is 0.487 e. The van der Waals surface area contributed by atoms with Gasteiger partial charge in [0.25, 0.3) is 0 Å². The number of nitrogens with one attached hydrogen (secondary N) is 1. The summed E-state index contributed by atoms with van der Waals surface area (Å²) in [5, 5.41) is 2.99. The number of carbonyl (C=O) groups excluding carboxylic acids is 1. The van der Waals surface area contributed by atoms with E-state index in [0.29, 0.717) is 31.1 Å². The lowest BCUT2D eigenvalue weighted by Crippen LogP contribution is -2.39. The van der Waals surface area contributed by atoms with Gasteiger partial charge in [-0.2, -0.15) is 0 Å². The molecule has 31 heavy (non-hydrogen) atoms. The molecule has 7 heteroatoms. The van der Waals surface area contributed by atoms with E-state index in [0.717, 1.165) is 30.7 Å². The van der Waals surface area contributed by atoms with Crippen LogP contribution in [-0.4, -0.2) is 40.2 Å². The summed E-state index contributed by atoms with van der Waals surface area (Å²) < 4.78 is 11.6. The van der Waals surface area contributed by atoms with Gasteiger partial charge >= 0.3 is 6.03 Å². The molecular formula is C24H26N4O3. The second kappa shape index (κ2) is 10.5. The highest BCUT2D eigenvalue weighted by Gasteiger charge is 2.23. The first-order valence-electron chi connectivity index (χ1n) is 10.5. The van der Waals surface area contributed by atoms with Gasteiger partial charge in [-0.25, -0.2) is 4.79 Å². The van der Waals surface area contributed by atoms with Crippen molar-refractivity contribution in [2.24, 2.45) is 0 Å². The number of aromatic nitrogens is 2. The molecule has 1 aliphatic rings. The molecule has 160 valence electrons. The predicted molar refractivity (Wildman–Crippen MR) is 118 cm³/mol. The highest BCUT2D eigenvalue weighted by molar-refractivity contribution is 5.89. The van der Waals surface area contributed by atoms with Crippen LogP contribution in [0.2, 0.25) is 0 Å². The lowest BCUT2D eigenvalue weighted by molar-refractivity contribution is 0.0819. The Bertz CT molecular complexity index is 963. The van der Waals surface area contributed by atoms with E-state index in [1.807, 2.05) is 54.6 Å². The van der Waals surface area contributed by atoms with Crippen molar-refractivity contribution < 1.29 is 14.3 Å². The number of rotatable bonds is 8. The molecule has 1 fully saturated rings. The number of benzene rings is 1. The van der Waals surface area contributed by atoms with Gasteiger partial charge < -0.3 is 19.7 Å². The number of amides is 2. The number of carbonyl (C=O) groups is 1. The summed E-state index contributed by atoms with van der Waals surface area (Å²) in [5.74, 6) is 0.668. The van der Waals surface area contributed by atoms with Crippen molar-refractivity contribution in [3.05, 3.63) is 84.4 Å². The van der Waals surface area contributed by atoms with Gasteiger partial charge in [0.15, 0.2) is 0 Å². The zero-order valence-electron chi connectivity index (χ0n) is 17.3. The molecule has 3 aromatic rings. The molecule has 0 spiro atoms. The Morgan fingerprint density at radius 1 is 1.16 bits per heavy atom. The van der Waals surface area contributed by atoms with Gasteiger partial charge in [0.05, 0.1) is 11.8 Å². The molecule has 0 saturated carbocycles. The standard InChI is InChI=1S/C24H26N4O3/c29-24(28(17-23-10-5-13-30-23)16-19-6-4-11-25-15-19)27-20-8-3-9-22(14-20)31-18-21-7-1-2-12-26-21/h1-4,6-9,11-12,14-15,23H,5,10,13,16-18H2,(H,27,29). The van der Waals surface area contributed by atoms with Crippen LogP contribution < -0.4 is 10.1 Å². The van der Waals surface area contributed by atoms with E-state index in [1.54, 1.807) is 23.5 Å². The maximum atomic E-state index is 13.1. The van der Waals surface area contributed by atoms with E-state index < -0.39 is 0 Å². The van der Waals surface area contributed by atoms with Crippen molar-refractivity contribution in [2.45, 2.75) is 32.1 Å². The van der Waals surface area contributed by atoms with Crippen LogP contribution in [0.1, 0.15) is 24.1 Å². The number of anilines is 1. The van der Waals surface area contributed by atoms with Crippen molar-refractivity contribution >= 4 is 11.7 Å². The number of hydrogen-bond acceptors (Lipinski definition) is 5. The minimum atomic E-state index is -0.179. The topological polar surface area (TPSA) is 76.6 Å². The Balaban J connectivity index is 1.40. The number of urea groups is 1. The summed E-state index contributed by atoms with van der Waals surface area (Å²) in [5.41, 5.74) is 2.49. The Morgan fingerprint density at radius 2 is 2.13 bits per heavy atom. The second-order valence-electron chi connectivity index (χ2n) is 7.44. The molecule has 1 unspecified atom stereocenters. The third-order valence-electron chi connectivity index (χ3n) is 5.03. The molecule has 2 aromatic heterocycles. The molecule has 2 amide bonds. The first-order chi connectivity index (χ1) is 15.3. The molecule has 3 heterocycles. The first-order valence-corrected chi connectivity index (χ1v) is 10.5. The van der Waals surface area contributed by atoms with E-state index in [2.05, 4.69) is 15.3 Å². The summed E-state index contributed by atoms with van der Waals surface area (Å²) in [6, 6.07) is 16.7. The van der Waals surface area contributed by atoms with Crippen LogP contribution in [0.15, 0.2) is 73.2 Å². The van der Waals surface area contributed by atoms with Crippen molar-refractivity contribution in [1.82, 2.24) is 14.9 Å². The fourth-order valence-electron chi connectivity index (χ4n) is 3.47. The fraction of sp³-hybridized carbons (Fsp3) is 0.292. The fourth-order valence-corrected chi connectivity index (χ4v) is 3.47. The highest BCUT2D eigenvalue weighted by atomic mass is 16.5. The maximum Gasteiger partial charge on any atom is 0.322 e. The molecule has 1 N–H and O–H groups in total. The first kappa shape index (κ1) is 20.8. The van der Waals surface area contributed by atoms with Gasteiger partial charge in [-0.1, -0.05) is 18.2 Å². The van der Waals surface area contributed by atoms with E-state index in [-0.39, 0.29) is 12.1 Å². The molecule has 1 atom stereocenters. The van der Waals surface area contributed by atoms with E-state index >= 15 is 0 Å². The zero-order chi connectivity index (χ0) is 21.3. The normalized spacial score (nSPS) is 15.4. The Labute approximate surface area is 182 Å².